The van der Waals surface area contributed by atoms with E-state index in [9.17, 15) is 18.3 Å². The number of hydrogen-bond donors (Lipinski definition) is 2. The molecule has 1 aromatic heterocycles. The molecule has 7 nitrogen and oxygen atoms in total. The van der Waals surface area contributed by atoms with Gasteiger partial charge in [-0.1, -0.05) is 17.7 Å². The topological polar surface area (TPSA) is 99.6 Å². The number of nitrogens with zero attached hydrogens (tertiary/aromatic N) is 2. The van der Waals surface area contributed by atoms with Crippen LogP contribution in [0.1, 0.15) is 50.9 Å². The van der Waals surface area contributed by atoms with Gasteiger partial charge in [0.25, 0.3) is 5.91 Å². The molecule has 1 fully saturated rings. The predicted octanol–water partition coefficient (Wildman–Crippen LogP) is 5.25. The smallest absolute Gasteiger partial charge is 0.275 e. The van der Waals surface area contributed by atoms with Crippen molar-refractivity contribution >= 4 is 44.6 Å². The minimum atomic E-state index is -3.61. The molecule has 2 N–H and O–H groups in total. The lowest BCUT2D eigenvalue weighted by Gasteiger charge is -2.30. The molecule has 1 aliphatic rings. The van der Waals surface area contributed by atoms with Gasteiger partial charge in [-0.15, -0.1) is 11.3 Å². The van der Waals surface area contributed by atoms with Crippen LogP contribution in [0.15, 0.2) is 40.6 Å². The van der Waals surface area contributed by atoms with Crippen LogP contribution in [0.4, 0.5) is 5.69 Å². The van der Waals surface area contributed by atoms with Crippen molar-refractivity contribution in [2.45, 2.75) is 44.4 Å². The van der Waals surface area contributed by atoms with Gasteiger partial charge in [0.05, 0.1) is 9.90 Å². The van der Waals surface area contributed by atoms with Crippen LogP contribution < -0.4 is 5.32 Å². The van der Waals surface area contributed by atoms with E-state index in [1.807, 2.05) is 13.8 Å². The molecule has 2 heterocycles. The van der Waals surface area contributed by atoms with Gasteiger partial charge in [0.15, 0.2) is 0 Å². The third-order valence-electron chi connectivity index (χ3n) is 6.35. The number of carbonyl (C=O) groups is 1. The largest absolute Gasteiger partial charge is 0.508 e. The van der Waals surface area contributed by atoms with E-state index < -0.39 is 10.0 Å². The predicted molar refractivity (Wildman–Crippen MR) is 135 cm³/mol. The SMILES string of the molecule is Cc1ccc(S(=O)(=O)N2CCC(c3nc(C(=O)Nc4ccc(O)c(C)c4C)cs3)CC2)cc1Cl. The molecule has 1 saturated heterocycles. The molecular formula is C24H26ClN3O4S2. The quantitative estimate of drug-likeness (QED) is 0.448. The van der Waals surface area contributed by atoms with Crippen molar-refractivity contribution in [2.75, 3.05) is 18.4 Å². The van der Waals surface area contributed by atoms with Gasteiger partial charge in [-0.05, 0) is 74.6 Å². The molecule has 1 amide bonds. The second-order valence-electron chi connectivity index (χ2n) is 8.50. The molecule has 3 aromatic rings. The fourth-order valence-corrected chi connectivity index (χ4v) is 6.65. The van der Waals surface area contributed by atoms with E-state index in [4.69, 9.17) is 11.6 Å². The second kappa shape index (κ2) is 9.65. The fraction of sp³-hybridized carbons (Fsp3) is 0.333. The van der Waals surface area contributed by atoms with Crippen molar-refractivity contribution in [1.82, 2.24) is 9.29 Å². The van der Waals surface area contributed by atoms with Crippen LogP contribution in [0, 0.1) is 20.8 Å². The van der Waals surface area contributed by atoms with Gasteiger partial charge in [-0.3, -0.25) is 4.79 Å². The van der Waals surface area contributed by atoms with Crippen LogP contribution in [0.5, 0.6) is 5.75 Å². The Kier molecular flexibility index (Phi) is 7.00. The molecule has 0 radical (unpaired) electrons. The van der Waals surface area contributed by atoms with Gasteiger partial charge in [0, 0.05) is 35.1 Å². The van der Waals surface area contributed by atoms with E-state index in [0.717, 1.165) is 16.1 Å². The van der Waals surface area contributed by atoms with Crippen molar-refractivity contribution in [1.29, 1.82) is 0 Å². The average molecular weight is 520 g/mol. The van der Waals surface area contributed by atoms with Crippen molar-refractivity contribution < 1.29 is 18.3 Å². The highest BCUT2D eigenvalue weighted by Gasteiger charge is 2.31. The van der Waals surface area contributed by atoms with E-state index >= 15 is 0 Å². The molecule has 34 heavy (non-hydrogen) atoms. The monoisotopic (exact) mass is 519 g/mol. The molecule has 1 aliphatic heterocycles. The zero-order chi connectivity index (χ0) is 24.6. The summed E-state index contributed by atoms with van der Waals surface area (Å²) in [5, 5.41) is 15.7. The van der Waals surface area contributed by atoms with Gasteiger partial charge in [0.1, 0.15) is 11.4 Å². The van der Waals surface area contributed by atoms with E-state index in [1.54, 1.807) is 36.6 Å². The number of phenols is 1. The number of aromatic nitrogens is 1. The zero-order valence-corrected chi connectivity index (χ0v) is 21.5. The molecule has 0 spiro atoms. The lowest BCUT2D eigenvalue weighted by atomic mass is 9.99. The van der Waals surface area contributed by atoms with Crippen molar-refractivity contribution in [3.05, 3.63) is 68.1 Å². The number of rotatable bonds is 5. The first kappa shape index (κ1) is 24.7. The number of amides is 1. The number of anilines is 1. The summed E-state index contributed by atoms with van der Waals surface area (Å²) in [7, 11) is -3.61. The molecular weight excluding hydrogens is 494 g/mol. The highest BCUT2D eigenvalue weighted by atomic mass is 35.5. The molecule has 180 valence electrons. The number of aryl methyl sites for hydroxylation is 1. The fourth-order valence-electron chi connectivity index (χ4n) is 3.93. The first-order valence-electron chi connectivity index (χ1n) is 10.9. The van der Waals surface area contributed by atoms with Crippen LogP contribution in [-0.4, -0.2) is 41.8 Å². The summed E-state index contributed by atoms with van der Waals surface area (Å²) in [6.07, 6.45) is 1.26. The first-order valence-corrected chi connectivity index (χ1v) is 13.6. The molecule has 10 heteroatoms. The summed E-state index contributed by atoms with van der Waals surface area (Å²) in [5.41, 5.74) is 3.30. The Bertz CT molecular complexity index is 1350. The summed E-state index contributed by atoms with van der Waals surface area (Å²) < 4.78 is 27.5. The van der Waals surface area contributed by atoms with E-state index in [-0.39, 0.29) is 22.5 Å². The Morgan fingerprint density at radius 3 is 2.53 bits per heavy atom. The number of carbonyl (C=O) groups excluding carboxylic acids is 1. The number of benzene rings is 2. The van der Waals surface area contributed by atoms with Crippen LogP contribution >= 0.6 is 22.9 Å². The van der Waals surface area contributed by atoms with Crippen LogP contribution in [0.25, 0.3) is 0 Å². The second-order valence-corrected chi connectivity index (χ2v) is 11.7. The molecule has 0 unspecified atom stereocenters. The first-order chi connectivity index (χ1) is 16.1. The Balaban J connectivity index is 1.41. The Morgan fingerprint density at radius 1 is 1.15 bits per heavy atom. The Morgan fingerprint density at radius 2 is 1.85 bits per heavy atom. The minimum Gasteiger partial charge on any atom is -0.508 e. The highest BCUT2D eigenvalue weighted by molar-refractivity contribution is 7.89. The number of halogens is 1. The van der Waals surface area contributed by atoms with Crippen molar-refractivity contribution in [3.63, 3.8) is 0 Å². The number of aromatic hydroxyl groups is 1. The standard InChI is InChI=1S/C24H26ClN3O4S2/c1-14-4-5-18(12-19(14)25)34(31,32)28-10-8-17(9-11-28)24-27-21(13-33-24)23(30)26-20-6-7-22(29)16(3)15(20)2/h4-7,12-13,17,29H,8-11H2,1-3H3,(H,26,30). The van der Waals surface area contributed by atoms with Gasteiger partial charge < -0.3 is 10.4 Å². The lowest BCUT2D eigenvalue weighted by molar-refractivity contribution is 0.102. The van der Waals surface area contributed by atoms with E-state index in [0.29, 0.717) is 47.9 Å². The maximum absolute atomic E-state index is 13.0. The van der Waals surface area contributed by atoms with Gasteiger partial charge in [-0.2, -0.15) is 4.31 Å². The van der Waals surface area contributed by atoms with Gasteiger partial charge in [0.2, 0.25) is 10.0 Å². The zero-order valence-electron chi connectivity index (χ0n) is 19.1. The number of nitrogens with one attached hydrogen (secondary N) is 1. The number of piperidine rings is 1. The number of phenolic OH excluding ortho intramolecular Hbond substituents is 1. The van der Waals surface area contributed by atoms with Crippen LogP contribution in [-0.2, 0) is 10.0 Å². The highest BCUT2D eigenvalue weighted by Crippen LogP contribution is 2.33. The van der Waals surface area contributed by atoms with E-state index in [2.05, 4.69) is 10.3 Å². The molecule has 0 saturated carbocycles. The van der Waals surface area contributed by atoms with Gasteiger partial charge in [-0.25, -0.2) is 13.4 Å². The molecule has 0 aliphatic carbocycles. The molecule has 0 bridgehead atoms. The molecule has 4 rings (SSSR count). The summed E-state index contributed by atoms with van der Waals surface area (Å²) in [6.45, 7) is 6.22. The van der Waals surface area contributed by atoms with E-state index in [1.165, 1.54) is 21.7 Å². The third kappa shape index (κ3) is 4.84. The minimum absolute atomic E-state index is 0.0947. The summed E-state index contributed by atoms with van der Waals surface area (Å²) in [5.74, 6) is -0.0329. The van der Waals surface area contributed by atoms with Crippen LogP contribution in [0.2, 0.25) is 5.02 Å². The average Bonchev–Trinajstić information content (AvgIpc) is 3.32. The maximum Gasteiger partial charge on any atom is 0.275 e. The van der Waals surface area contributed by atoms with Crippen molar-refractivity contribution in [2.24, 2.45) is 0 Å². The third-order valence-corrected chi connectivity index (χ3v) is 9.65. The molecule has 2 aromatic carbocycles. The summed E-state index contributed by atoms with van der Waals surface area (Å²) >= 11 is 7.55. The summed E-state index contributed by atoms with van der Waals surface area (Å²) in [4.78, 5) is 17.5. The number of thiazole rings is 1. The Labute approximate surface area is 208 Å². The van der Waals surface area contributed by atoms with Crippen molar-refractivity contribution in [3.8, 4) is 5.75 Å². The molecule has 0 atom stereocenters. The summed E-state index contributed by atoms with van der Waals surface area (Å²) in [6, 6.07) is 8.02. The number of hydrogen-bond acceptors (Lipinski definition) is 6. The Hall–Kier alpha value is -2.46. The van der Waals surface area contributed by atoms with Gasteiger partial charge >= 0.3 is 0 Å². The number of sulfonamides is 1. The lowest BCUT2D eigenvalue weighted by Crippen LogP contribution is -2.37. The maximum atomic E-state index is 13.0. The normalized spacial score (nSPS) is 15.4. The van der Waals surface area contributed by atoms with Crippen LogP contribution in [0.3, 0.4) is 0 Å².